The van der Waals surface area contributed by atoms with E-state index in [2.05, 4.69) is 24.4 Å². The highest BCUT2D eigenvalue weighted by Gasteiger charge is 2.30. The lowest BCUT2D eigenvalue weighted by atomic mass is 10.0. The van der Waals surface area contributed by atoms with Crippen LogP contribution in [0.2, 0.25) is 0 Å². The second-order valence-corrected chi connectivity index (χ2v) is 7.70. The summed E-state index contributed by atoms with van der Waals surface area (Å²) in [5.74, 6) is 0. The van der Waals surface area contributed by atoms with Gasteiger partial charge in [-0.2, -0.15) is 0 Å². The number of hydrogen-bond donors (Lipinski definition) is 2. The van der Waals surface area contributed by atoms with Crippen molar-refractivity contribution in [3.8, 4) is 0 Å². The van der Waals surface area contributed by atoms with Gasteiger partial charge in [-0.1, -0.05) is 30.3 Å². The smallest absolute Gasteiger partial charge is 0.317 e. The number of aliphatic hydroxyl groups excluding tert-OH is 1. The number of rotatable bonds is 5. The SMILES string of the molecule is Cc1ccc(CNC(=O)N2CCCC2CC(O)c2ccccc2)s1. The van der Waals surface area contributed by atoms with Gasteiger partial charge < -0.3 is 15.3 Å². The number of carbonyl (C=O) groups is 1. The lowest BCUT2D eigenvalue weighted by Crippen LogP contribution is -2.43. The quantitative estimate of drug-likeness (QED) is 0.865. The normalized spacial score (nSPS) is 18.6. The summed E-state index contributed by atoms with van der Waals surface area (Å²) in [6.07, 6.45) is 2.02. The molecule has 0 saturated carbocycles. The number of amides is 2. The number of nitrogens with one attached hydrogen (secondary N) is 1. The number of thiophene rings is 1. The van der Waals surface area contributed by atoms with Crippen molar-refractivity contribution in [1.82, 2.24) is 10.2 Å². The molecule has 2 heterocycles. The Morgan fingerprint density at radius 3 is 2.83 bits per heavy atom. The minimum atomic E-state index is -0.524. The number of urea groups is 1. The summed E-state index contributed by atoms with van der Waals surface area (Å²) in [7, 11) is 0. The van der Waals surface area contributed by atoms with Gasteiger partial charge in [0, 0.05) is 22.3 Å². The zero-order chi connectivity index (χ0) is 16.9. The first kappa shape index (κ1) is 17.0. The zero-order valence-corrected chi connectivity index (χ0v) is 14.8. The van der Waals surface area contributed by atoms with Crippen LogP contribution in [-0.4, -0.2) is 28.6 Å². The molecule has 1 fully saturated rings. The molecule has 24 heavy (non-hydrogen) atoms. The van der Waals surface area contributed by atoms with Crippen LogP contribution >= 0.6 is 11.3 Å². The van der Waals surface area contributed by atoms with Crippen LogP contribution in [0.3, 0.4) is 0 Å². The standard InChI is InChI=1S/C19H24N2O2S/c1-14-9-10-17(24-14)13-20-19(23)21-11-5-8-16(21)12-18(22)15-6-3-2-4-7-15/h2-4,6-7,9-10,16,18,22H,5,8,11-13H2,1H3,(H,20,23). The Labute approximate surface area is 147 Å². The lowest BCUT2D eigenvalue weighted by molar-refractivity contribution is 0.126. The first-order valence-electron chi connectivity index (χ1n) is 8.46. The van der Waals surface area contributed by atoms with E-state index in [0.717, 1.165) is 24.9 Å². The maximum Gasteiger partial charge on any atom is 0.317 e. The molecule has 128 valence electrons. The second kappa shape index (κ2) is 7.81. The third kappa shape index (κ3) is 4.16. The Morgan fingerprint density at radius 1 is 1.33 bits per heavy atom. The number of nitrogens with zero attached hydrogens (tertiary/aromatic N) is 1. The van der Waals surface area contributed by atoms with Gasteiger partial charge in [-0.25, -0.2) is 4.79 Å². The predicted molar refractivity (Wildman–Crippen MR) is 97.0 cm³/mol. The molecule has 1 saturated heterocycles. The van der Waals surface area contributed by atoms with Gasteiger partial charge in [0.1, 0.15) is 0 Å². The molecule has 3 rings (SSSR count). The average molecular weight is 344 g/mol. The van der Waals surface area contributed by atoms with Gasteiger partial charge >= 0.3 is 6.03 Å². The van der Waals surface area contributed by atoms with Gasteiger partial charge in [0.2, 0.25) is 0 Å². The van der Waals surface area contributed by atoms with E-state index in [4.69, 9.17) is 0 Å². The number of aryl methyl sites for hydroxylation is 1. The van der Waals surface area contributed by atoms with Crippen molar-refractivity contribution in [2.75, 3.05) is 6.54 Å². The number of hydrogen-bond acceptors (Lipinski definition) is 3. The summed E-state index contributed by atoms with van der Waals surface area (Å²) < 4.78 is 0. The number of likely N-dealkylation sites (tertiary alicyclic amines) is 1. The highest BCUT2D eigenvalue weighted by atomic mass is 32.1. The topological polar surface area (TPSA) is 52.6 Å². The van der Waals surface area contributed by atoms with Crippen molar-refractivity contribution in [3.63, 3.8) is 0 Å². The Kier molecular flexibility index (Phi) is 5.53. The molecule has 1 aromatic heterocycles. The molecule has 4 nitrogen and oxygen atoms in total. The van der Waals surface area contributed by atoms with Gasteiger partial charge in [0.15, 0.2) is 0 Å². The van der Waals surface area contributed by atoms with Gasteiger partial charge in [-0.3, -0.25) is 0 Å². The van der Waals surface area contributed by atoms with Crippen LogP contribution in [0, 0.1) is 6.92 Å². The Morgan fingerprint density at radius 2 is 2.12 bits per heavy atom. The number of carbonyl (C=O) groups excluding carboxylic acids is 1. The fourth-order valence-corrected chi connectivity index (χ4v) is 4.09. The van der Waals surface area contributed by atoms with E-state index in [1.807, 2.05) is 35.2 Å². The van der Waals surface area contributed by atoms with E-state index in [1.54, 1.807) is 11.3 Å². The summed E-state index contributed by atoms with van der Waals surface area (Å²) in [6, 6.07) is 13.9. The fraction of sp³-hybridized carbons (Fsp3) is 0.421. The van der Waals surface area contributed by atoms with Gasteiger partial charge in [0.25, 0.3) is 0 Å². The first-order chi connectivity index (χ1) is 11.6. The Balaban J connectivity index is 1.55. The predicted octanol–water partition coefficient (Wildman–Crippen LogP) is 3.85. The van der Waals surface area contributed by atoms with Crippen molar-refractivity contribution in [2.24, 2.45) is 0 Å². The van der Waals surface area contributed by atoms with Crippen molar-refractivity contribution in [1.29, 1.82) is 0 Å². The molecule has 2 atom stereocenters. The summed E-state index contributed by atoms with van der Waals surface area (Å²) in [5.41, 5.74) is 0.916. The summed E-state index contributed by atoms with van der Waals surface area (Å²) in [6.45, 7) is 3.40. The van der Waals surface area contributed by atoms with Crippen molar-refractivity contribution in [3.05, 3.63) is 57.8 Å². The van der Waals surface area contributed by atoms with E-state index < -0.39 is 6.10 Å². The van der Waals surface area contributed by atoms with Crippen LogP contribution in [-0.2, 0) is 6.54 Å². The van der Waals surface area contributed by atoms with Crippen molar-refractivity contribution < 1.29 is 9.90 Å². The summed E-state index contributed by atoms with van der Waals surface area (Å²) in [5, 5.41) is 13.4. The molecular formula is C19H24N2O2S. The molecule has 0 aliphatic carbocycles. The molecule has 2 amide bonds. The van der Waals surface area contributed by atoms with E-state index in [9.17, 15) is 9.90 Å². The largest absolute Gasteiger partial charge is 0.388 e. The number of aliphatic hydroxyl groups is 1. The first-order valence-corrected chi connectivity index (χ1v) is 9.28. The van der Waals surface area contributed by atoms with Crippen molar-refractivity contribution >= 4 is 17.4 Å². The van der Waals surface area contributed by atoms with E-state index in [1.165, 1.54) is 9.75 Å². The summed E-state index contributed by atoms with van der Waals surface area (Å²) in [4.78, 5) is 16.8. The van der Waals surface area contributed by atoms with Crippen LogP contribution in [0.15, 0.2) is 42.5 Å². The van der Waals surface area contributed by atoms with Crippen molar-refractivity contribution in [2.45, 2.75) is 44.9 Å². The van der Waals surface area contributed by atoms with E-state index in [0.29, 0.717) is 13.0 Å². The van der Waals surface area contributed by atoms with E-state index >= 15 is 0 Å². The highest BCUT2D eigenvalue weighted by Crippen LogP contribution is 2.27. The lowest BCUT2D eigenvalue weighted by Gasteiger charge is -2.27. The molecule has 5 heteroatoms. The molecule has 1 aromatic carbocycles. The molecule has 2 unspecified atom stereocenters. The highest BCUT2D eigenvalue weighted by molar-refractivity contribution is 7.11. The van der Waals surface area contributed by atoms with Gasteiger partial charge in [-0.05, 0) is 43.9 Å². The Bertz CT molecular complexity index is 671. The maximum atomic E-state index is 12.5. The van der Waals surface area contributed by atoms with Crippen LogP contribution in [0.5, 0.6) is 0 Å². The van der Waals surface area contributed by atoms with Gasteiger partial charge in [0.05, 0.1) is 12.6 Å². The third-order valence-corrected chi connectivity index (χ3v) is 5.53. The molecule has 0 spiro atoms. The molecule has 1 aliphatic heterocycles. The molecule has 2 aromatic rings. The Hall–Kier alpha value is -1.85. The molecule has 2 N–H and O–H groups in total. The van der Waals surface area contributed by atoms with Crippen LogP contribution in [0.25, 0.3) is 0 Å². The second-order valence-electron chi connectivity index (χ2n) is 6.32. The minimum absolute atomic E-state index is 0.0242. The molecular weight excluding hydrogens is 320 g/mol. The number of benzene rings is 1. The molecule has 0 radical (unpaired) electrons. The van der Waals surface area contributed by atoms with Gasteiger partial charge in [-0.15, -0.1) is 11.3 Å². The van der Waals surface area contributed by atoms with Crippen LogP contribution in [0.4, 0.5) is 4.79 Å². The fourth-order valence-electron chi connectivity index (χ4n) is 3.26. The molecule has 0 bridgehead atoms. The van der Waals surface area contributed by atoms with E-state index in [-0.39, 0.29) is 12.1 Å². The third-order valence-electron chi connectivity index (χ3n) is 4.53. The average Bonchev–Trinajstić information content (AvgIpc) is 3.22. The monoisotopic (exact) mass is 344 g/mol. The zero-order valence-electron chi connectivity index (χ0n) is 13.9. The summed E-state index contributed by atoms with van der Waals surface area (Å²) >= 11 is 1.71. The molecule has 1 aliphatic rings. The van der Waals surface area contributed by atoms with Crippen LogP contribution < -0.4 is 5.32 Å². The minimum Gasteiger partial charge on any atom is -0.388 e. The maximum absolute atomic E-state index is 12.5. The van der Waals surface area contributed by atoms with Crippen LogP contribution in [0.1, 0.15) is 40.7 Å².